The minimum atomic E-state index is -1.16. The molecular formula is C17H19FN6O3. The number of aromatic nitrogens is 6. The SMILES string of the molecule is O=C(O)c1cnn(-c2nc3c(F)nn(CCC4CCCCC4)c3c(=O)[nH]2)c1. The summed E-state index contributed by atoms with van der Waals surface area (Å²) in [4.78, 5) is 30.1. The molecule has 142 valence electrons. The molecule has 0 radical (unpaired) electrons. The highest BCUT2D eigenvalue weighted by Crippen LogP contribution is 2.27. The van der Waals surface area contributed by atoms with Crippen LogP contribution in [0, 0.1) is 11.9 Å². The topological polar surface area (TPSA) is 119 Å². The molecule has 10 heteroatoms. The molecule has 9 nitrogen and oxygen atoms in total. The van der Waals surface area contributed by atoms with Crippen LogP contribution in [-0.4, -0.2) is 40.6 Å². The zero-order valence-electron chi connectivity index (χ0n) is 14.6. The molecule has 0 bridgehead atoms. The first kappa shape index (κ1) is 17.4. The van der Waals surface area contributed by atoms with Crippen LogP contribution in [0.15, 0.2) is 17.2 Å². The molecule has 1 aliphatic rings. The normalized spacial score (nSPS) is 15.4. The van der Waals surface area contributed by atoms with Gasteiger partial charge >= 0.3 is 5.97 Å². The van der Waals surface area contributed by atoms with Crippen LogP contribution in [0.5, 0.6) is 0 Å². The van der Waals surface area contributed by atoms with Crippen molar-refractivity contribution in [3.63, 3.8) is 0 Å². The lowest BCUT2D eigenvalue weighted by molar-refractivity contribution is 0.0697. The van der Waals surface area contributed by atoms with Crippen molar-refractivity contribution in [1.29, 1.82) is 0 Å². The predicted molar refractivity (Wildman–Crippen MR) is 93.4 cm³/mol. The summed E-state index contributed by atoms with van der Waals surface area (Å²) in [5.41, 5.74) is -0.675. The lowest BCUT2D eigenvalue weighted by atomic mass is 9.87. The van der Waals surface area contributed by atoms with Gasteiger partial charge < -0.3 is 5.11 Å². The van der Waals surface area contributed by atoms with Crippen LogP contribution >= 0.6 is 0 Å². The van der Waals surface area contributed by atoms with Crippen molar-refractivity contribution in [2.75, 3.05) is 0 Å². The third-order valence-electron chi connectivity index (χ3n) is 5.06. The average Bonchev–Trinajstić information content (AvgIpc) is 3.27. The van der Waals surface area contributed by atoms with Crippen molar-refractivity contribution >= 4 is 17.0 Å². The maximum Gasteiger partial charge on any atom is 0.338 e. The average molecular weight is 374 g/mol. The molecule has 0 amide bonds. The summed E-state index contributed by atoms with van der Waals surface area (Å²) in [6.07, 6.45) is 9.17. The van der Waals surface area contributed by atoms with Crippen LogP contribution in [0.4, 0.5) is 4.39 Å². The maximum atomic E-state index is 14.3. The first-order chi connectivity index (χ1) is 13.0. The Hall–Kier alpha value is -3.04. The van der Waals surface area contributed by atoms with Crippen LogP contribution in [0.1, 0.15) is 48.9 Å². The molecule has 27 heavy (non-hydrogen) atoms. The molecule has 1 saturated carbocycles. The molecule has 1 aliphatic carbocycles. The highest BCUT2D eigenvalue weighted by Gasteiger charge is 2.20. The number of fused-ring (bicyclic) bond motifs is 1. The highest BCUT2D eigenvalue weighted by atomic mass is 19.1. The number of rotatable bonds is 5. The number of halogens is 1. The Morgan fingerprint density at radius 1 is 1.33 bits per heavy atom. The monoisotopic (exact) mass is 374 g/mol. The van der Waals surface area contributed by atoms with Gasteiger partial charge in [0, 0.05) is 12.7 Å². The molecule has 4 rings (SSSR count). The number of nitrogens with one attached hydrogen (secondary N) is 1. The van der Waals surface area contributed by atoms with Gasteiger partial charge in [-0.1, -0.05) is 32.1 Å². The first-order valence-electron chi connectivity index (χ1n) is 8.97. The fourth-order valence-corrected chi connectivity index (χ4v) is 3.64. The number of H-pyrrole nitrogens is 1. The number of carboxylic acids is 1. The molecule has 0 aliphatic heterocycles. The fraction of sp³-hybridized carbons (Fsp3) is 0.471. The summed E-state index contributed by atoms with van der Waals surface area (Å²) < 4.78 is 16.8. The van der Waals surface area contributed by atoms with Crippen molar-refractivity contribution < 1.29 is 14.3 Å². The second kappa shape index (κ2) is 6.93. The van der Waals surface area contributed by atoms with Gasteiger partial charge in [-0.15, -0.1) is 5.10 Å². The molecule has 3 aromatic rings. The van der Waals surface area contributed by atoms with Crippen LogP contribution in [-0.2, 0) is 6.54 Å². The number of nitrogens with zero attached hydrogens (tertiary/aromatic N) is 5. The number of aromatic carboxylic acids is 1. The molecule has 1 fully saturated rings. The number of carboxylic acid groups (broad SMARTS) is 1. The van der Waals surface area contributed by atoms with Crippen LogP contribution in [0.3, 0.4) is 0 Å². The summed E-state index contributed by atoms with van der Waals surface area (Å²) in [6, 6.07) is 0. The highest BCUT2D eigenvalue weighted by molar-refractivity contribution is 5.87. The summed E-state index contributed by atoms with van der Waals surface area (Å²) in [5.74, 6) is -1.48. The van der Waals surface area contributed by atoms with Crippen molar-refractivity contribution in [2.45, 2.75) is 45.1 Å². The van der Waals surface area contributed by atoms with Gasteiger partial charge in [0.1, 0.15) is 0 Å². The Morgan fingerprint density at radius 3 is 2.81 bits per heavy atom. The quantitative estimate of drug-likeness (QED) is 0.706. The third kappa shape index (κ3) is 3.34. The predicted octanol–water partition coefficient (Wildman–Crippen LogP) is 2.11. The Morgan fingerprint density at radius 2 is 2.11 bits per heavy atom. The number of aryl methyl sites for hydroxylation is 1. The standard InChI is InChI=1S/C17H19FN6O3/c18-14-12-13(23(22-14)7-6-10-4-2-1-3-5-10)15(25)21-17(20-12)24-9-11(8-19-24)16(26)27/h8-10H,1-7H2,(H,26,27)(H,20,21,25). The van der Waals surface area contributed by atoms with Gasteiger partial charge in [-0.2, -0.15) is 9.49 Å². The van der Waals surface area contributed by atoms with Crippen LogP contribution in [0.2, 0.25) is 0 Å². The Labute approximate surface area is 152 Å². The first-order valence-corrected chi connectivity index (χ1v) is 8.97. The van der Waals surface area contributed by atoms with Crippen LogP contribution in [0.25, 0.3) is 17.0 Å². The van der Waals surface area contributed by atoms with Crippen LogP contribution < -0.4 is 5.56 Å². The fourth-order valence-electron chi connectivity index (χ4n) is 3.64. The molecule has 0 atom stereocenters. The van der Waals surface area contributed by atoms with E-state index in [0.29, 0.717) is 12.5 Å². The Kier molecular flexibility index (Phi) is 4.46. The molecule has 3 heterocycles. The summed E-state index contributed by atoms with van der Waals surface area (Å²) in [5, 5.41) is 16.7. The molecule has 0 saturated heterocycles. The van der Waals surface area contributed by atoms with Gasteiger partial charge in [0.15, 0.2) is 11.0 Å². The van der Waals surface area contributed by atoms with E-state index in [9.17, 15) is 14.0 Å². The second-order valence-electron chi connectivity index (χ2n) is 6.87. The summed E-state index contributed by atoms with van der Waals surface area (Å²) in [7, 11) is 0. The van der Waals surface area contributed by atoms with E-state index in [1.807, 2.05) is 0 Å². The molecule has 0 spiro atoms. The van der Waals surface area contributed by atoms with Gasteiger partial charge in [0.25, 0.3) is 11.5 Å². The van der Waals surface area contributed by atoms with Crippen molar-refractivity contribution in [3.8, 4) is 5.95 Å². The smallest absolute Gasteiger partial charge is 0.338 e. The van der Waals surface area contributed by atoms with E-state index in [1.54, 1.807) is 0 Å². The minimum Gasteiger partial charge on any atom is -0.478 e. The minimum absolute atomic E-state index is 0.0641. The van der Waals surface area contributed by atoms with E-state index in [4.69, 9.17) is 5.11 Å². The second-order valence-corrected chi connectivity index (χ2v) is 6.87. The number of aromatic amines is 1. The largest absolute Gasteiger partial charge is 0.478 e. The van der Waals surface area contributed by atoms with Gasteiger partial charge in [-0.25, -0.2) is 14.5 Å². The van der Waals surface area contributed by atoms with E-state index >= 15 is 0 Å². The molecule has 2 N–H and O–H groups in total. The Balaban J connectivity index is 1.65. The zero-order valence-corrected chi connectivity index (χ0v) is 14.6. The van der Waals surface area contributed by atoms with Gasteiger partial charge in [-0.3, -0.25) is 14.5 Å². The summed E-state index contributed by atoms with van der Waals surface area (Å²) >= 11 is 0. The summed E-state index contributed by atoms with van der Waals surface area (Å²) in [6.45, 7) is 0.458. The van der Waals surface area contributed by atoms with E-state index in [2.05, 4.69) is 20.2 Å². The van der Waals surface area contributed by atoms with E-state index in [0.717, 1.165) is 30.1 Å². The lowest BCUT2D eigenvalue weighted by Gasteiger charge is -2.21. The van der Waals surface area contributed by atoms with Gasteiger partial charge in [-0.05, 0) is 12.3 Å². The number of hydrogen-bond donors (Lipinski definition) is 2. The molecule has 3 aromatic heterocycles. The maximum absolute atomic E-state index is 14.3. The van der Waals surface area contributed by atoms with Crippen molar-refractivity contribution in [3.05, 3.63) is 34.3 Å². The van der Waals surface area contributed by atoms with Gasteiger partial charge in [0.2, 0.25) is 5.95 Å². The van der Waals surface area contributed by atoms with Crippen molar-refractivity contribution in [2.24, 2.45) is 5.92 Å². The van der Waals surface area contributed by atoms with Crippen molar-refractivity contribution in [1.82, 2.24) is 29.5 Å². The van der Waals surface area contributed by atoms with E-state index in [-0.39, 0.29) is 22.5 Å². The zero-order chi connectivity index (χ0) is 19.0. The molecular weight excluding hydrogens is 355 g/mol. The van der Waals surface area contributed by atoms with Gasteiger partial charge in [0.05, 0.1) is 11.8 Å². The number of carbonyl (C=O) groups is 1. The van der Waals surface area contributed by atoms with E-state index < -0.39 is 17.5 Å². The van der Waals surface area contributed by atoms with E-state index in [1.165, 1.54) is 30.1 Å². The molecule has 0 aromatic carbocycles. The third-order valence-corrected chi connectivity index (χ3v) is 5.06. The number of hydrogen-bond acceptors (Lipinski definition) is 5. The lowest BCUT2D eigenvalue weighted by Crippen LogP contribution is -2.18. The Bertz CT molecular complexity index is 1050. The molecule has 0 unspecified atom stereocenters.